The van der Waals surface area contributed by atoms with Crippen LogP contribution in [-0.4, -0.2) is 47.2 Å². The molecular formula is C18H26N4O2. The minimum Gasteiger partial charge on any atom is -0.374 e. The van der Waals surface area contributed by atoms with Crippen LogP contribution >= 0.6 is 0 Å². The summed E-state index contributed by atoms with van der Waals surface area (Å²) in [4.78, 5) is 23.4. The van der Waals surface area contributed by atoms with Crippen LogP contribution in [0.5, 0.6) is 0 Å². The molecule has 3 aliphatic rings. The third-order valence-corrected chi connectivity index (χ3v) is 5.76. The van der Waals surface area contributed by atoms with E-state index in [1.165, 1.54) is 6.42 Å². The minimum absolute atomic E-state index is 0.0211. The first-order valence-corrected chi connectivity index (χ1v) is 9.11. The van der Waals surface area contributed by atoms with Gasteiger partial charge in [-0.05, 0) is 51.0 Å². The minimum atomic E-state index is -0.122. The lowest BCUT2D eigenvalue weighted by Crippen LogP contribution is -2.46. The number of carbonyl (C=O) groups is 1. The van der Waals surface area contributed by atoms with Gasteiger partial charge in [0, 0.05) is 31.5 Å². The molecule has 1 amide bonds. The molecule has 6 nitrogen and oxygen atoms in total. The van der Waals surface area contributed by atoms with Gasteiger partial charge in [0.05, 0.1) is 18.1 Å². The number of rotatable bonds is 3. The van der Waals surface area contributed by atoms with Crippen LogP contribution in [0.3, 0.4) is 0 Å². The van der Waals surface area contributed by atoms with E-state index in [9.17, 15) is 4.79 Å². The van der Waals surface area contributed by atoms with Crippen molar-refractivity contribution in [2.75, 3.05) is 24.6 Å². The molecule has 130 valence electrons. The fourth-order valence-corrected chi connectivity index (χ4v) is 3.90. The quantitative estimate of drug-likeness (QED) is 0.916. The lowest BCUT2D eigenvalue weighted by Gasteiger charge is -2.38. The number of anilines is 1. The molecule has 1 aromatic heterocycles. The maximum Gasteiger partial charge on any atom is 0.225 e. The maximum atomic E-state index is 12.4. The Balaban J connectivity index is 1.31. The van der Waals surface area contributed by atoms with Crippen molar-refractivity contribution in [3.05, 3.63) is 18.0 Å². The van der Waals surface area contributed by atoms with Crippen molar-refractivity contribution in [1.82, 2.24) is 15.3 Å². The zero-order valence-electron chi connectivity index (χ0n) is 14.3. The molecule has 24 heavy (non-hydrogen) atoms. The number of aryl methyl sites for hydroxylation is 1. The summed E-state index contributed by atoms with van der Waals surface area (Å²) in [6.07, 6.45) is 9.97. The largest absolute Gasteiger partial charge is 0.374 e. The van der Waals surface area contributed by atoms with Crippen LogP contribution in [-0.2, 0) is 9.53 Å². The Bertz CT molecular complexity index is 592. The van der Waals surface area contributed by atoms with Gasteiger partial charge in [-0.25, -0.2) is 9.97 Å². The Hall–Kier alpha value is -1.69. The Morgan fingerprint density at radius 2 is 2.00 bits per heavy atom. The summed E-state index contributed by atoms with van der Waals surface area (Å²) in [6.45, 7) is 4.34. The number of amides is 1. The van der Waals surface area contributed by atoms with Crippen molar-refractivity contribution in [1.29, 1.82) is 0 Å². The van der Waals surface area contributed by atoms with E-state index in [1.807, 2.05) is 19.3 Å². The molecule has 1 N–H and O–H groups in total. The molecule has 3 heterocycles. The Morgan fingerprint density at radius 3 is 2.62 bits per heavy atom. The van der Waals surface area contributed by atoms with E-state index in [0.717, 1.165) is 56.7 Å². The zero-order chi connectivity index (χ0) is 16.6. The Labute approximate surface area is 143 Å². The van der Waals surface area contributed by atoms with Gasteiger partial charge in [0.25, 0.3) is 0 Å². The predicted molar refractivity (Wildman–Crippen MR) is 90.8 cm³/mol. The summed E-state index contributed by atoms with van der Waals surface area (Å²) in [5.74, 6) is 1.02. The molecule has 1 aliphatic carbocycles. The predicted octanol–water partition coefficient (Wildman–Crippen LogP) is 1.83. The first-order valence-electron chi connectivity index (χ1n) is 9.11. The lowest BCUT2D eigenvalue weighted by atomic mass is 9.84. The van der Waals surface area contributed by atoms with Crippen LogP contribution in [0.2, 0.25) is 0 Å². The molecule has 1 spiro atoms. The summed E-state index contributed by atoms with van der Waals surface area (Å²) in [5, 5.41) is 3.17. The topological polar surface area (TPSA) is 67.4 Å². The van der Waals surface area contributed by atoms with Gasteiger partial charge in [-0.1, -0.05) is 0 Å². The summed E-state index contributed by atoms with van der Waals surface area (Å²) >= 11 is 0. The third-order valence-electron chi connectivity index (χ3n) is 5.76. The number of nitrogens with one attached hydrogen (secondary N) is 1. The van der Waals surface area contributed by atoms with Gasteiger partial charge in [-0.15, -0.1) is 0 Å². The Morgan fingerprint density at radius 1 is 1.29 bits per heavy atom. The van der Waals surface area contributed by atoms with Gasteiger partial charge in [-0.2, -0.15) is 0 Å². The molecule has 1 aromatic rings. The number of hydrogen-bond acceptors (Lipinski definition) is 5. The molecule has 1 atom stereocenters. The number of aromatic nitrogens is 2. The van der Waals surface area contributed by atoms with E-state index < -0.39 is 0 Å². The number of carbonyl (C=O) groups excluding carboxylic acids is 1. The van der Waals surface area contributed by atoms with Crippen molar-refractivity contribution >= 4 is 11.9 Å². The van der Waals surface area contributed by atoms with E-state index >= 15 is 0 Å². The molecule has 2 aliphatic heterocycles. The second-order valence-corrected chi connectivity index (χ2v) is 7.58. The third kappa shape index (κ3) is 3.11. The highest BCUT2D eigenvalue weighted by atomic mass is 16.5. The molecule has 2 saturated heterocycles. The van der Waals surface area contributed by atoms with Crippen LogP contribution in [0.25, 0.3) is 0 Å². The zero-order valence-corrected chi connectivity index (χ0v) is 14.3. The molecule has 1 saturated carbocycles. The highest BCUT2D eigenvalue weighted by Gasteiger charge is 2.45. The molecule has 1 unspecified atom stereocenters. The van der Waals surface area contributed by atoms with Crippen molar-refractivity contribution in [3.8, 4) is 0 Å². The van der Waals surface area contributed by atoms with Crippen LogP contribution in [0.15, 0.2) is 12.4 Å². The first kappa shape index (κ1) is 15.8. The number of ether oxygens (including phenoxy) is 1. The number of hydrogen-bond donors (Lipinski definition) is 1. The molecule has 0 aromatic carbocycles. The van der Waals surface area contributed by atoms with E-state index in [-0.39, 0.29) is 17.4 Å². The lowest BCUT2D eigenvalue weighted by molar-refractivity contribution is -0.126. The van der Waals surface area contributed by atoms with Crippen LogP contribution in [0.1, 0.15) is 44.1 Å². The van der Waals surface area contributed by atoms with E-state index in [0.29, 0.717) is 12.6 Å². The smallest absolute Gasteiger partial charge is 0.225 e. The van der Waals surface area contributed by atoms with Crippen molar-refractivity contribution in [3.63, 3.8) is 0 Å². The highest BCUT2D eigenvalue weighted by molar-refractivity contribution is 5.79. The summed E-state index contributed by atoms with van der Waals surface area (Å²) in [5.41, 5.74) is 0.953. The molecule has 6 heteroatoms. The van der Waals surface area contributed by atoms with Crippen molar-refractivity contribution < 1.29 is 9.53 Å². The molecule has 0 radical (unpaired) electrons. The van der Waals surface area contributed by atoms with Crippen LogP contribution in [0.4, 0.5) is 5.95 Å². The van der Waals surface area contributed by atoms with Gasteiger partial charge in [-0.3, -0.25) is 4.79 Å². The molecule has 3 fully saturated rings. The molecule has 4 rings (SSSR count). The second-order valence-electron chi connectivity index (χ2n) is 7.58. The van der Waals surface area contributed by atoms with Gasteiger partial charge < -0.3 is 15.0 Å². The van der Waals surface area contributed by atoms with E-state index in [4.69, 9.17) is 4.74 Å². The number of piperidine rings is 1. The van der Waals surface area contributed by atoms with Crippen molar-refractivity contribution in [2.45, 2.75) is 57.1 Å². The maximum absolute atomic E-state index is 12.4. The fourth-order valence-electron chi connectivity index (χ4n) is 3.90. The SMILES string of the molecule is Cc1cnc(N2CCC3(CC2)CC(C(=O)NC2CCC2)CO3)nc1. The van der Waals surface area contributed by atoms with Gasteiger partial charge in [0.15, 0.2) is 0 Å². The molecular weight excluding hydrogens is 304 g/mol. The van der Waals surface area contributed by atoms with Gasteiger partial charge in [0.2, 0.25) is 11.9 Å². The van der Waals surface area contributed by atoms with Gasteiger partial charge in [0.1, 0.15) is 0 Å². The highest BCUT2D eigenvalue weighted by Crippen LogP contribution is 2.39. The van der Waals surface area contributed by atoms with Crippen LogP contribution in [0, 0.1) is 12.8 Å². The summed E-state index contributed by atoms with van der Waals surface area (Å²) in [6, 6.07) is 0.412. The molecule has 0 bridgehead atoms. The van der Waals surface area contributed by atoms with E-state index in [1.54, 1.807) is 0 Å². The summed E-state index contributed by atoms with van der Waals surface area (Å²) in [7, 11) is 0. The second kappa shape index (κ2) is 6.31. The average molecular weight is 330 g/mol. The standard InChI is InChI=1S/C18H26N4O2/c1-13-10-19-17(20-11-13)22-7-5-18(6-8-22)9-14(12-24-18)16(23)21-15-3-2-4-15/h10-11,14-15H,2-9,12H2,1H3,(H,21,23). The van der Waals surface area contributed by atoms with E-state index in [2.05, 4.69) is 20.2 Å². The normalized spacial score (nSPS) is 26.4. The average Bonchev–Trinajstić information content (AvgIpc) is 2.96. The Kier molecular flexibility index (Phi) is 4.16. The number of nitrogens with zero attached hydrogens (tertiary/aromatic N) is 3. The fraction of sp³-hybridized carbons (Fsp3) is 0.722. The van der Waals surface area contributed by atoms with Crippen LogP contribution < -0.4 is 10.2 Å². The van der Waals surface area contributed by atoms with Crippen molar-refractivity contribution in [2.24, 2.45) is 5.92 Å². The first-order chi connectivity index (χ1) is 11.6. The summed E-state index contributed by atoms with van der Waals surface area (Å²) < 4.78 is 6.12. The van der Waals surface area contributed by atoms with Gasteiger partial charge >= 0.3 is 0 Å². The monoisotopic (exact) mass is 330 g/mol.